The Kier molecular flexibility index (Phi) is 3.61. The summed E-state index contributed by atoms with van der Waals surface area (Å²) in [6, 6.07) is 10.1. The fraction of sp³-hybridized carbons (Fsp3) is 0.176. The molecule has 0 fully saturated rings. The molecule has 0 saturated heterocycles. The molecule has 1 heterocycles. The van der Waals surface area contributed by atoms with E-state index >= 15 is 0 Å². The van der Waals surface area contributed by atoms with E-state index in [2.05, 4.69) is 5.32 Å². The Hall–Kier alpha value is -2.73. The third-order valence-corrected chi connectivity index (χ3v) is 3.88. The summed E-state index contributed by atoms with van der Waals surface area (Å²) in [5.41, 5.74) is -1.02. The number of ketones is 1. The van der Waals surface area contributed by atoms with Gasteiger partial charge in [-0.2, -0.15) is 0 Å². The van der Waals surface area contributed by atoms with Crippen LogP contribution in [0.1, 0.15) is 22.3 Å². The Labute approximate surface area is 131 Å². The number of amides is 1. The summed E-state index contributed by atoms with van der Waals surface area (Å²) >= 11 is 0. The average Bonchev–Trinajstić information content (AvgIpc) is 2.78. The highest BCUT2D eigenvalue weighted by molar-refractivity contribution is 6.09. The topological polar surface area (TPSA) is 75.6 Å². The van der Waals surface area contributed by atoms with Gasteiger partial charge in [-0.25, -0.2) is 4.39 Å². The van der Waals surface area contributed by atoms with Crippen LogP contribution >= 0.6 is 0 Å². The molecule has 2 aromatic carbocycles. The Balaban J connectivity index is 1.96. The Morgan fingerprint density at radius 1 is 1.30 bits per heavy atom. The van der Waals surface area contributed by atoms with Crippen LogP contribution in [-0.4, -0.2) is 23.9 Å². The van der Waals surface area contributed by atoms with Crippen molar-refractivity contribution in [2.24, 2.45) is 0 Å². The van der Waals surface area contributed by atoms with Gasteiger partial charge in [-0.3, -0.25) is 9.59 Å². The van der Waals surface area contributed by atoms with Crippen molar-refractivity contribution in [2.75, 3.05) is 12.4 Å². The molecule has 23 heavy (non-hydrogen) atoms. The van der Waals surface area contributed by atoms with Crippen molar-refractivity contribution in [3.05, 3.63) is 59.4 Å². The van der Waals surface area contributed by atoms with Crippen LogP contribution < -0.4 is 10.1 Å². The first kappa shape index (κ1) is 15.2. The number of anilines is 1. The number of halogens is 1. The zero-order valence-corrected chi connectivity index (χ0v) is 12.3. The molecule has 0 aromatic heterocycles. The Morgan fingerprint density at radius 3 is 2.78 bits per heavy atom. The number of Topliss-reactive ketones (excluding diaryl/α,β-unsaturated/α-hetero) is 1. The third-order valence-electron chi connectivity index (χ3n) is 3.88. The van der Waals surface area contributed by atoms with E-state index in [9.17, 15) is 19.1 Å². The van der Waals surface area contributed by atoms with Crippen LogP contribution in [0.5, 0.6) is 5.75 Å². The SMILES string of the molecule is COc1cc(F)ccc1C(=O)C[C@@]1(O)C(=O)Nc2ccccc21. The maximum atomic E-state index is 13.2. The lowest BCUT2D eigenvalue weighted by Gasteiger charge is -2.20. The number of hydrogen-bond acceptors (Lipinski definition) is 4. The summed E-state index contributed by atoms with van der Waals surface area (Å²) in [5, 5.41) is 13.3. The molecule has 0 spiro atoms. The molecule has 2 N–H and O–H groups in total. The van der Waals surface area contributed by atoms with Crippen molar-refractivity contribution >= 4 is 17.4 Å². The standard InChI is InChI=1S/C17H14FNO4/c1-23-15-8-10(18)6-7-11(15)14(20)9-17(22)12-4-2-3-5-13(12)19-16(17)21/h2-8,22H,9H2,1H3,(H,19,21)/t17-/m0/s1. The van der Waals surface area contributed by atoms with Gasteiger partial charge in [0.05, 0.1) is 19.1 Å². The van der Waals surface area contributed by atoms with Crippen LogP contribution in [0.4, 0.5) is 10.1 Å². The fourth-order valence-corrected chi connectivity index (χ4v) is 2.70. The number of fused-ring (bicyclic) bond motifs is 1. The first-order chi connectivity index (χ1) is 11.0. The lowest BCUT2D eigenvalue weighted by atomic mass is 9.88. The average molecular weight is 315 g/mol. The summed E-state index contributed by atoms with van der Waals surface area (Å²) in [6.45, 7) is 0. The molecule has 1 amide bonds. The van der Waals surface area contributed by atoms with Gasteiger partial charge in [0.25, 0.3) is 5.91 Å². The number of nitrogens with one attached hydrogen (secondary N) is 1. The van der Waals surface area contributed by atoms with Crippen LogP contribution in [0.15, 0.2) is 42.5 Å². The van der Waals surface area contributed by atoms with Gasteiger partial charge < -0.3 is 15.2 Å². The van der Waals surface area contributed by atoms with E-state index in [1.807, 2.05) is 0 Å². The lowest BCUT2D eigenvalue weighted by Crippen LogP contribution is -2.36. The Morgan fingerprint density at radius 2 is 2.04 bits per heavy atom. The van der Waals surface area contributed by atoms with Crippen LogP contribution in [0.2, 0.25) is 0 Å². The van der Waals surface area contributed by atoms with E-state index in [-0.39, 0.29) is 11.3 Å². The number of hydrogen-bond donors (Lipinski definition) is 2. The van der Waals surface area contributed by atoms with Gasteiger partial charge in [-0.15, -0.1) is 0 Å². The van der Waals surface area contributed by atoms with Crippen molar-refractivity contribution in [2.45, 2.75) is 12.0 Å². The molecule has 0 saturated carbocycles. The minimum absolute atomic E-state index is 0.0605. The summed E-state index contributed by atoms with van der Waals surface area (Å²) < 4.78 is 18.2. The molecule has 0 radical (unpaired) electrons. The first-order valence-corrected chi connectivity index (χ1v) is 6.96. The fourth-order valence-electron chi connectivity index (χ4n) is 2.70. The molecule has 0 unspecified atom stereocenters. The number of ether oxygens (including phenoxy) is 1. The number of rotatable bonds is 4. The summed E-state index contributed by atoms with van der Waals surface area (Å²) in [7, 11) is 1.32. The molecular weight excluding hydrogens is 301 g/mol. The summed E-state index contributed by atoms with van der Waals surface area (Å²) in [4.78, 5) is 24.6. The predicted octanol–water partition coefficient (Wildman–Crippen LogP) is 2.25. The lowest BCUT2D eigenvalue weighted by molar-refractivity contribution is -0.133. The van der Waals surface area contributed by atoms with Crippen molar-refractivity contribution in [3.8, 4) is 5.75 Å². The molecule has 5 nitrogen and oxygen atoms in total. The second-order valence-corrected chi connectivity index (χ2v) is 5.30. The molecule has 0 bridgehead atoms. The van der Waals surface area contributed by atoms with E-state index in [4.69, 9.17) is 4.74 Å². The number of carbonyl (C=O) groups excluding carboxylic acids is 2. The number of benzene rings is 2. The maximum absolute atomic E-state index is 13.2. The Bertz CT molecular complexity index is 805. The van der Waals surface area contributed by atoms with E-state index in [1.54, 1.807) is 24.3 Å². The van der Waals surface area contributed by atoms with Crippen molar-refractivity contribution < 1.29 is 23.8 Å². The van der Waals surface area contributed by atoms with E-state index in [0.717, 1.165) is 12.1 Å². The first-order valence-electron chi connectivity index (χ1n) is 6.96. The van der Waals surface area contributed by atoms with E-state index in [0.29, 0.717) is 11.3 Å². The van der Waals surface area contributed by atoms with Crippen molar-refractivity contribution in [3.63, 3.8) is 0 Å². The van der Waals surface area contributed by atoms with Gasteiger partial charge in [0.2, 0.25) is 0 Å². The molecule has 2 aromatic rings. The van der Waals surface area contributed by atoms with Crippen LogP contribution in [0, 0.1) is 5.82 Å². The number of carbonyl (C=O) groups is 2. The number of aliphatic hydroxyl groups is 1. The van der Waals surface area contributed by atoms with Crippen LogP contribution in [0.25, 0.3) is 0 Å². The zero-order valence-electron chi connectivity index (χ0n) is 12.3. The summed E-state index contributed by atoms with van der Waals surface area (Å²) in [6.07, 6.45) is -0.460. The molecular formula is C17H14FNO4. The third kappa shape index (κ3) is 2.47. The maximum Gasteiger partial charge on any atom is 0.261 e. The second kappa shape index (κ2) is 5.48. The monoisotopic (exact) mass is 315 g/mol. The molecule has 6 heteroatoms. The van der Waals surface area contributed by atoms with Gasteiger partial charge >= 0.3 is 0 Å². The highest BCUT2D eigenvalue weighted by Gasteiger charge is 2.46. The largest absolute Gasteiger partial charge is 0.496 e. The van der Waals surface area contributed by atoms with Crippen molar-refractivity contribution in [1.82, 2.24) is 0 Å². The van der Waals surface area contributed by atoms with Crippen LogP contribution in [-0.2, 0) is 10.4 Å². The van der Waals surface area contributed by atoms with Gasteiger partial charge in [0.15, 0.2) is 11.4 Å². The van der Waals surface area contributed by atoms with Gasteiger partial charge in [-0.1, -0.05) is 18.2 Å². The number of para-hydroxylation sites is 1. The molecule has 1 aliphatic rings. The predicted molar refractivity (Wildman–Crippen MR) is 80.9 cm³/mol. The second-order valence-electron chi connectivity index (χ2n) is 5.30. The minimum Gasteiger partial charge on any atom is -0.496 e. The van der Waals surface area contributed by atoms with E-state index < -0.39 is 29.5 Å². The van der Waals surface area contributed by atoms with E-state index in [1.165, 1.54) is 13.2 Å². The van der Waals surface area contributed by atoms with Crippen molar-refractivity contribution in [1.29, 1.82) is 0 Å². The smallest absolute Gasteiger partial charge is 0.261 e. The molecule has 1 aliphatic heterocycles. The minimum atomic E-state index is -1.95. The quantitative estimate of drug-likeness (QED) is 0.849. The van der Waals surface area contributed by atoms with Crippen LogP contribution in [0.3, 0.4) is 0 Å². The molecule has 3 rings (SSSR count). The normalized spacial score (nSPS) is 19.2. The molecule has 1 atom stereocenters. The number of methoxy groups -OCH3 is 1. The molecule has 118 valence electrons. The van der Waals surface area contributed by atoms with Gasteiger partial charge in [-0.05, 0) is 18.2 Å². The zero-order chi connectivity index (χ0) is 16.6. The van der Waals surface area contributed by atoms with Gasteiger partial charge in [0, 0.05) is 17.3 Å². The molecule has 0 aliphatic carbocycles. The summed E-state index contributed by atoms with van der Waals surface area (Å²) in [5.74, 6) is -1.66. The highest BCUT2D eigenvalue weighted by Crippen LogP contribution is 2.39. The van der Waals surface area contributed by atoms with Gasteiger partial charge in [0.1, 0.15) is 11.6 Å². The highest BCUT2D eigenvalue weighted by atomic mass is 19.1.